The van der Waals surface area contributed by atoms with Crippen LogP contribution in [0.1, 0.15) is 425 Å². The Morgan fingerprint density at radius 3 is 0.817 bits per heavy atom. The number of carbonyl (C=O) groups is 2. The molecule has 2 unspecified atom stereocenters. The number of allylic oxidation sites excluding steroid dienone is 18. The van der Waals surface area contributed by atoms with Gasteiger partial charge in [0, 0.05) is 12.8 Å². The van der Waals surface area contributed by atoms with Crippen LogP contribution in [0.25, 0.3) is 0 Å². The molecule has 2 atom stereocenters. The summed E-state index contributed by atoms with van der Waals surface area (Å²) in [5, 5.41) is 0. The van der Waals surface area contributed by atoms with Gasteiger partial charge in [-0.05, 0) is 103 Å². The molecule has 0 aromatic heterocycles. The van der Waals surface area contributed by atoms with Gasteiger partial charge in [-0.3, -0.25) is 18.6 Å². The summed E-state index contributed by atoms with van der Waals surface area (Å²) in [6.07, 6.45) is 120. The van der Waals surface area contributed by atoms with Gasteiger partial charge in [0.1, 0.15) is 19.8 Å². The van der Waals surface area contributed by atoms with E-state index < -0.39 is 26.5 Å². The predicted molar refractivity (Wildman–Crippen MR) is 455 cm³/mol. The summed E-state index contributed by atoms with van der Waals surface area (Å²) in [7, 11) is 1.49. The first-order valence-electron chi connectivity index (χ1n) is 44.6. The van der Waals surface area contributed by atoms with Crippen molar-refractivity contribution >= 4 is 19.8 Å². The molecule has 10 heteroatoms. The molecule has 0 aliphatic carbocycles. The van der Waals surface area contributed by atoms with Crippen LogP contribution in [0.5, 0.6) is 0 Å². The molecular formula is C94H171NO8P+. The molecule has 104 heavy (non-hydrogen) atoms. The fraction of sp³-hybridized carbons (Fsp3) is 0.787. The molecule has 0 aliphatic heterocycles. The van der Waals surface area contributed by atoms with E-state index in [0.29, 0.717) is 23.9 Å². The molecule has 0 heterocycles. The average molecular weight is 1470 g/mol. The van der Waals surface area contributed by atoms with E-state index >= 15 is 0 Å². The molecule has 0 saturated heterocycles. The first-order chi connectivity index (χ1) is 51.0. The Hall–Kier alpha value is -3.33. The summed E-state index contributed by atoms with van der Waals surface area (Å²) in [5.74, 6) is -0.777. The van der Waals surface area contributed by atoms with E-state index in [9.17, 15) is 19.0 Å². The van der Waals surface area contributed by atoms with Crippen molar-refractivity contribution in [1.29, 1.82) is 0 Å². The number of hydrogen-bond donors (Lipinski definition) is 1. The van der Waals surface area contributed by atoms with Crippen LogP contribution in [0, 0.1) is 0 Å². The van der Waals surface area contributed by atoms with Crippen molar-refractivity contribution in [3.05, 3.63) is 109 Å². The third kappa shape index (κ3) is 87.6. The Balaban J connectivity index is 3.87. The number of phosphoric ester groups is 1. The number of quaternary nitrogens is 1. The Labute approximate surface area is 646 Å². The second-order valence-electron chi connectivity index (χ2n) is 31.3. The second kappa shape index (κ2) is 83.7. The van der Waals surface area contributed by atoms with E-state index in [1.54, 1.807) is 0 Å². The summed E-state index contributed by atoms with van der Waals surface area (Å²) < 4.78 is 34.9. The summed E-state index contributed by atoms with van der Waals surface area (Å²) in [6.45, 7) is 4.37. The Morgan fingerprint density at radius 2 is 0.548 bits per heavy atom. The van der Waals surface area contributed by atoms with Gasteiger partial charge in [0.2, 0.25) is 0 Å². The Morgan fingerprint density at radius 1 is 0.308 bits per heavy atom. The van der Waals surface area contributed by atoms with Gasteiger partial charge >= 0.3 is 19.8 Å². The fourth-order valence-corrected chi connectivity index (χ4v) is 13.8. The summed E-state index contributed by atoms with van der Waals surface area (Å²) in [6, 6.07) is 0. The minimum absolute atomic E-state index is 0.0321. The monoisotopic (exact) mass is 1470 g/mol. The highest BCUT2D eigenvalue weighted by molar-refractivity contribution is 7.47. The molecule has 0 rings (SSSR count). The largest absolute Gasteiger partial charge is 0.472 e. The zero-order valence-corrected chi connectivity index (χ0v) is 70.1. The van der Waals surface area contributed by atoms with Crippen molar-refractivity contribution in [2.75, 3.05) is 47.5 Å². The van der Waals surface area contributed by atoms with Crippen LogP contribution in [0.2, 0.25) is 0 Å². The van der Waals surface area contributed by atoms with Gasteiger partial charge in [-0.25, -0.2) is 4.57 Å². The van der Waals surface area contributed by atoms with E-state index in [4.69, 9.17) is 18.5 Å². The molecule has 0 aromatic carbocycles. The van der Waals surface area contributed by atoms with Crippen LogP contribution < -0.4 is 0 Å². The fourth-order valence-electron chi connectivity index (χ4n) is 13.0. The molecule has 604 valence electrons. The van der Waals surface area contributed by atoms with E-state index in [1.165, 1.54) is 308 Å². The zero-order chi connectivity index (χ0) is 75.4. The van der Waals surface area contributed by atoms with Crippen molar-refractivity contribution < 1.29 is 42.1 Å². The second-order valence-corrected chi connectivity index (χ2v) is 32.7. The standard InChI is InChI=1S/C94H170NO8P/c1-6-8-10-12-14-16-18-20-22-24-26-28-30-32-34-36-38-40-42-44-46-47-49-50-52-54-56-58-60-62-64-66-68-70-72-74-76-78-80-82-84-86-93(96)100-90-92(91-102-104(98,99)101-89-88-95(3,4)5)103-94(97)87-85-83-81-79-77-75-73-71-69-67-65-63-61-59-57-55-53-51-48-45-43-41-39-37-35-33-31-29-27-25-23-21-19-17-15-13-11-9-7-2/h9,11,15,17-18,20-21,23-24,26-27,29-30,32-33,35,39,41,92H,6-8,10,12-14,16,19,22,25,28,31,34,36-38,40,42-91H2,1-5H3/p+1/b11-9-,17-15-,20-18-,23-21-,26-24-,29-27-,32-30-,35-33-,41-39-. The first-order valence-corrected chi connectivity index (χ1v) is 46.1. The third-order valence-electron chi connectivity index (χ3n) is 19.8. The molecule has 0 aliphatic rings. The summed E-state index contributed by atoms with van der Waals surface area (Å²) in [5.41, 5.74) is 0. The molecule has 0 aromatic rings. The topological polar surface area (TPSA) is 108 Å². The minimum Gasteiger partial charge on any atom is -0.462 e. The molecule has 9 nitrogen and oxygen atoms in total. The van der Waals surface area contributed by atoms with E-state index in [1.807, 2.05) is 21.1 Å². The van der Waals surface area contributed by atoms with Crippen LogP contribution in [0.3, 0.4) is 0 Å². The molecule has 1 N–H and O–H groups in total. The molecule has 0 amide bonds. The van der Waals surface area contributed by atoms with Crippen LogP contribution in [-0.4, -0.2) is 74.9 Å². The number of ether oxygens (including phenoxy) is 2. The Bertz CT molecular complexity index is 2130. The highest BCUT2D eigenvalue weighted by Crippen LogP contribution is 2.43. The van der Waals surface area contributed by atoms with Gasteiger partial charge in [0.05, 0.1) is 27.7 Å². The minimum atomic E-state index is -4.40. The van der Waals surface area contributed by atoms with Crippen molar-refractivity contribution in [1.82, 2.24) is 0 Å². The van der Waals surface area contributed by atoms with Crippen molar-refractivity contribution in [3.63, 3.8) is 0 Å². The lowest BCUT2D eigenvalue weighted by Crippen LogP contribution is -2.37. The lowest BCUT2D eigenvalue weighted by Gasteiger charge is -2.24. The summed E-state index contributed by atoms with van der Waals surface area (Å²) >= 11 is 0. The highest BCUT2D eigenvalue weighted by Gasteiger charge is 2.27. The Kier molecular flexibility index (Phi) is 81.0. The number of rotatable bonds is 83. The van der Waals surface area contributed by atoms with Crippen LogP contribution in [-0.2, 0) is 32.7 Å². The molecular weight excluding hydrogens is 1300 g/mol. The molecule has 0 fully saturated rings. The smallest absolute Gasteiger partial charge is 0.462 e. The molecule has 0 spiro atoms. The van der Waals surface area contributed by atoms with Gasteiger partial charge in [0.25, 0.3) is 0 Å². The van der Waals surface area contributed by atoms with Gasteiger partial charge in [-0.1, -0.05) is 419 Å². The van der Waals surface area contributed by atoms with Crippen molar-refractivity contribution in [3.8, 4) is 0 Å². The molecule has 0 saturated carbocycles. The van der Waals surface area contributed by atoms with Crippen molar-refractivity contribution in [2.45, 2.75) is 431 Å². The van der Waals surface area contributed by atoms with Gasteiger partial charge in [-0.2, -0.15) is 0 Å². The normalized spacial score (nSPS) is 13.5. The molecule has 0 bridgehead atoms. The number of unbranched alkanes of at least 4 members (excludes halogenated alkanes) is 51. The highest BCUT2D eigenvalue weighted by atomic mass is 31.2. The van der Waals surface area contributed by atoms with Crippen LogP contribution in [0.15, 0.2) is 109 Å². The van der Waals surface area contributed by atoms with Gasteiger partial charge < -0.3 is 18.9 Å². The average Bonchev–Trinajstić information content (AvgIpc) is 0.915. The SMILES string of the molecule is CC/C=C\C/C=C\C/C=C\C/C=C\C/C=C\C/C=C\CCCCCCCCCCCCCCCCCCCCCCC(=O)OC(COC(=O)CCCCCCCCCCCCCCCCCCCCCCCCCCCC/C=C\C/C=C\C/C=C\CCCCCCC)COP(=O)(O)OCC[N+](C)(C)C. The summed E-state index contributed by atoms with van der Waals surface area (Å²) in [4.78, 5) is 36.1. The lowest BCUT2D eigenvalue weighted by molar-refractivity contribution is -0.870. The maximum Gasteiger partial charge on any atom is 0.472 e. The number of likely N-dealkylation sites (N-methyl/N-ethyl adjacent to an activating group) is 1. The van der Waals surface area contributed by atoms with E-state index in [0.717, 1.165) is 83.5 Å². The first kappa shape index (κ1) is 101. The predicted octanol–water partition coefficient (Wildman–Crippen LogP) is 30.3. The lowest BCUT2D eigenvalue weighted by atomic mass is 10.0. The van der Waals surface area contributed by atoms with Crippen molar-refractivity contribution in [2.24, 2.45) is 0 Å². The van der Waals surface area contributed by atoms with Crippen LogP contribution >= 0.6 is 7.82 Å². The van der Waals surface area contributed by atoms with E-state index in [-0.39, 0.29) is 25.6 Å². The quantitative estimate of drug-likeness (QED) is 0.0211. The molecule has 0 radical (unpaired) electrons. The maximum atomic E-state index is 12.9. The van der Waals surface area contributed by atoms with E-state index in [2.05, 4.69) is 123 Å². The number of carbonyl (C=O) groups excluding carboxylic acids is 2. The van der Waals surface area contributed by atoms with Gasteiger partial charge in [0.15, 0.2) is 6.10 Å². The third-order valence-corrected chi connectivity index (χ3v) is 20.8. The number of hydrogen-bond acceptors (Lipinski definition) is 7. The van der Waals surface area contributed by atoms with Gasteiger partial charge in [-0.15, -0.1) is 0 Å². The maximum absolute atomic E-state index is 12.9. The number of nitrogens with zero attached hydrogens (tertiary/aromatic N) is 1. The van der Waals surface area contributed by atoms with Crippen LogP contribution in [0.4, 0.5) is 0 Å². The number of phosphoric acid groups is 1. The number of esters is 2. The zero-order valence-electron chi connectivity index (χ0n) is 69.3.